The van der Waals surface area contributed by atoms with Crippen LogP contribution in [0.15, 0.2) is 66.9 Å². The highest BCUT2D eigenvalue weighted by Crippen LogP contribution is 2.26. The summed E-state index contributed by atoms with van der Waals surface area (Å²) in [5.41, 5.74) is 3.64. The lowest BCUT2D eigenvalue weighted by molar-refractivity contribution is -0.112. The third kappa shape index (κ3) is 3.43. The summed E-state index contributed by atoms with van der Waals surface area (Å²) in [6.45, 7) is 1.53. The maximum Gasteiger partial charge on any atom is 0.152 e. The minimum atomic E-state index is 0.00291. The quantitative estimate of drug-likeness (QED) is 0.664. The van der Waals surface area contributed by atoms with Gasteiger partial charge in [-0.3, -0.25) is 4.79 Å². The highest BCUT2D eigenvalue weighted by atomic mass is 16.5. The van der Waals surface area contributed by atoms with Crippen LogP contribution in [0.25, 0.3) is 23.0 Å². The summed E-state index contributed by atoms with van der Waals surface area (Å²) in [6, 6.07) is 17.6. The largest absolute Gasteiger partial charge is 0.497 e. The van der Waals surface area contributed by atoms with Gasteiger partial charge in [0.05, 0.1) is 18.5 Å². The molecule has 0 saturated heterocycles. The molecule has 0 amide bonds. The smallest absolute Gasteiger partial charge is 0.152 e. The van der Waals surface area contributed by atoms with Crippen LogP contribution in [0.2, 0.25) is 0 Å². The molecule has 1 heterocycles. The Morgan fingerprint density at radius 2 is 1.79 bits per heavy atom. The summed E-state index contributed by atoms with van der Waals surface area (Å²) in [7, 11) is 1.64. The first-order valence-electron chi connectivity index (χ1n) is 7.65. The molecule has 0 aliphatic heterocycles. The van der Waals surface area contributed by atoms with E-state index in [1.807, 2.05) is 65.5 Å². The fraction of sp³-hybridized carbons (Fsp3) is 0.100. The van der Waals surface area contributed by atoms with E-state index in [9.17, 15) is 4.79 Å². The highest BCUT2D eigenvalue weighted by molar-refractivity contribution is 5.92. The van der Waals surface area contributed by atoms with Crippen LogP contribution < -0.4 is 4.74 Å². The van der Waals surface area contributed by atoms with Gasteiger partial charge >= 0.3 is 0 Å². The zero-order chi connectivity index (χ0) is 16.9. The average molecular weight is 318 g/mol. The molecule has 0 saturated carbocycles. The fourth-order valence-electron chi connectivity index (χ4n) is 2.40. The van der Waals surface area contributed by atoms with E-state index in [1.54, 1.807) is 19.3 Å². The van der Waals surface area contributed by atoms with Crippen LogP contribution in [-0.4, -0.2) is 22.7 Å². The summed E-state index contributed by atoms with van der Waals surface area (Å²) < 4.78 is 7.02. The van der Waals surface area contributed by atoms with Gasteiger partial charge in [0, 0.05) is 17.3 Å². The molecule has 4 nitrogen and oxygen atoms in total. The molecular formula is C20H18N2O2. The van der Waals surface area contributed by atoms with E-state index in [0.29, 0.717) is 0 Å². The molecule has 2 aromatic carbocycles. The zero-order valence-electron chi connectivity index (χ0n) is 13.6. The predicted molar refractivity (Wildman–Crippen MR) is 95.3 cm³/mol. The normalized spacial score (nSPS) is 10.9. The van der Waals surface area contributed by atoms with E-state index < -0.39 is 0 Å². The van der Waals surface area contributed by atoms with Crippen molar-refractivity contribution in [3.05, 3.63) is 72.4 Å². The van der Waals surface area contributed by atoms with Crippen molar-refractivity contribution < 1.29 is 9.53 Å². The first kappa shape index (κ1) is 15.7. The van der Waals surface area contributed by atoms with Crippen molar-refractivity contribution in [1.82, 2.24) is 9.78 Å². The predicted octanol–water partition coefficient (Wildman–Crippen LogP) is 4.15. The number of aromatic nitrogens is 2. The molecule has 0 spiro atoms. The Labute approximate surface area is 141 Å². The molecule has 0 bridgehead atoms. The monoisotopic (exact) mass is 318 g/mol. The number of allylic oxidation sites excluding steroid dienone is 1. The molecule has 0 fully saturated rings. The Hall–Kier alpha value is -3.14. The number of hydrogen-bond donors (Lipinski definition) is 0. The first-order valence-corrected chi connectivity index (χ1v) is 7.65. The first-order chi connectivity index (χ1) is 11.7. The Balaban J connectivity index is 2.08. The van der Waals surface area contributed by atoms with E-state index in [4.69, 9.17) is 9.84 Å². The average Bonchev–Trinajstić information content (AvgIpc) is 3.05. The SMILES string of the molecule is COc1ccc(-c2nn(-c3ccccc3)cc2/C=C/C(C)=O)cc1. The number of ketones is 1. The van der Waals surface area contributed by atoms with Crippen LogP contribution in [0.3, 0.4) is 0 Å². The van der Waals surface area contributed by atoms with E-state index >= 15 is 0 Å². The van der Waals surface area contributed by atoms with Crippen LogP contribution in [0.4, 0.5) is 0 Å². The molecule has 0 aliphatic carbocycles. The van der Waals surface area contributed by atoms with Gasteiger partial charge in [-0.1, -0.05) is 18.2 Å². The molecule has 0 unspecified atom stereocenters. The molecule has 0 radical (unpaired) electrons. The molecule has 3 aromatic rings. The van der Waals surface area contributed by atoms with E-state index in [1.165, 1.54) is 6.92 Å². The van der Waals surface area contributed by atoms with Gasteiger partial charge in [0.15, 0.2) is 5.78 Å². The molecule has 0 atom stereocenters. The molecule has 120 valence electrons. The number of para-hydroxylation sites is 1. The second-order valence-electron chi connectivity index (χ2n) is 5.39. The van der Waals surface area contributed by atoms with Crippen molar-refractivity contribution in [2.45, 2.75) is 6.92 Å². The zero-order valence-corrected chi connectivity index (χ0v) is 13.6. The fourth-order valence-corrected chi connectivity index (χ4v) is 2.40. The molecule has 4 heteroatoms. The number of hydrogen-bond acceptors (Lipinski definition) is 3. The van der Waals surface area contributed by atoms with E-state index in [-0.39, 0.29) is 5.78 Å². The second-order valence-corrected chi connectivity index (χ2v) is 5.39. The number of ether oxygens (including phenoxy) is 1. The van der Waals surface area contributed by atoms with Gasteiger partial charge in [-0.15, -0.1) is 0 Å². The lowest BCUT2D eigenvalue weighted by atomic mass is 10.1. The summed E-state index contributed by atoms with van der Waals surface area (Å²) in [6.07, 6.45) is 5.28. The van der Waals surface area contributed by atoms with Gasteiger partial charge in [-0.25, -0.2) is 4.68 Å². The topological polar surface area (TPSA) is 44.1 Å². The minimum absolute atomic E-state index is 0.00291. The summed E-state index contributed by atoms with van der Waals surface area (Å²) in [5.74, 6) is 0.796. The van der Waals surface area contributed by atoms with E-state index in [2.05, 4.69) is 0 Å². The summed E-state index contributed by atoms with van der Waals surface area (Å²) in [4.78, 5) is 11.3. The third-order valence-electron chi connectivity index (χ3n) is 3.62. The van der Waals surface area contributed by atoms with Gasteiger partial charge in [0.25, 0.3) is 0 Å². The molecule has 1 aromatic heterocycles. The van der Waals surface area contributed by atoms with Crippen molar-refractivity contribution in [1.29, 1.82) is 0 Å². The van der Waals surface area contributed by atoms with Crippen molar-refractivity contribution in [3.8, 4) is 22.7 Å². The number of nitrogens with zero attached hydrogens (tertiary/aromatic N) is 2. The van der Waals surface area contributed by atoms with Gasteiger partial charge in [-0.05, 0) is 55.5 Å². The standard InChI is InChI=1S/C20H18N2O2/c1-15(23)8-9-17-14-22(18-6-4-3-5-7-18)21-20(17)16-10-12-19(24-2)13-11-16/h3-14H,1-2H3/b9-8+. The lowest BCUT2D eigenvalue weighted by Crippen LogP contribution is -1.94. The third-order valence-corrected chi connectivity index (χ3v) is 3.62. The van der Waals surface area contributed by atoms with Crippen molar-refractivity contribution in [2.24, 2.45) is 0 Å². The molecule has 0 aliphatic rings. The minimum Gasteiger partial charge on any atom is -0.497 e. The van der Waals surface area contributed by atoms with Crippen molar-refractivity contribution >= 4 is 11.9 Å². The molecule has 0 N–H and O–H groups in total. The Kier molecular flexibility index (Phi) is 4.57. The summed E-state index contributed by atoms with van der Waals surface area (Å²) >= 11 is 0. The van der Waals surface area contributed by atoms with Crippen LogP contribution in [-0.2, 0) is 4.79 Å². The maximum atomic E-state index is 11.3. The van der Waals surface area contributed by atoms with Gasteiger partial charge in [0.1, 0.15) is 5.75 Å². The van der Waals surface area contributed by atoms with Crippen LogP contribution in [0.1, 0.15) is 12.5 Å². The number of benzene rings is 2. The van der Waals surface area contributed by atoms with Crippen LogP contribution >= 0.6 is 0 Å². The number of carbonyl (C=O) groups excluding carboxylic acids is 1. The summed E-state index contributed by atoms with van der Waals surface area (Å²) in [5, 5.41) is 4.70. The highest BCUT2D eigenvalue weighted by Gasteiger charge is 2.10. The molecular weight excluding hydrogens is 300 g/mol. The number of methoxy groups -OCH3 is 1. The van der Waals surface area contributed by atoms with Gasteiger partial charge in [0.2, 0.25) is 0 Å². The molecule has 3 rings (SSSR count). The van der Waals surface area contributed by atoms with Crippen molar-refractivity contribution in [2.75, 3.05) is 7.11 Å². The number of rotatable bonds is 5. The van der Waals surface area contributed by atoms with Crippen LogP contribution in [0, 0.1) is 0 Å². The molecule has 24 heavy (non-hydrogen) atoms. The van der Waals surface area contributed by atoms with Gasteiger partial charge < -0.3 is 4.74 Å². The van der Waals surface area contributed by atoms with Gasteiger partial charge in [-0.2, -0.15) is 5.10 Å². The lowest BCUT2D eigenvalue weighted by Gasteiger charge is -2.02. The Bertz CT molecular complexity index is 862. The van der Waals surface area contributed by atoms with E-state index in [0.717, 1.165) is 28.3 Å². The van der Waals surface area contributed by atoms with Crippen molar-refractivity contribution in [3.63, 3.8) is 0 Å². The Morgan fingerprint density at radius 3 is 2.42 bits per heavy atom. The second kappa shape index (κ2) is 6.96. The Morgan fingerprint density at radius 1 is 1.08 bits per heavy atom. The maximum absolute atomic E-state index is 11.3. The number of carbonyl (C=O) groups is 1. The van der Waals surface area contributed by atoms with Crippen LogP contribution in [0.5, 0.6) is 5.75 Å².